The molecule has 78 valence electrons. The Morgan fingerprint density at radius 1 is 1.67 bits per heavy atom. The smallest absolute Gasteiger partial charge is 0.309 e. The van der Waals surface area contributed by atoms with Gasteiger partial charge in [0.25, 0.3) is 0 Å². The van der Waals surface area contributed by atoms with Crippen molar-refractivity contribution in [3.05, 3.63) is 17.3 Å². The number of nitrogens with two attached hydrogens (primary N) is 1. The Balaban J connectivity index is 2.28. The molecule has 0 aliphatic heterocycles. The Kier molecular flexibility index (Phi) is 2.38. The molecule has 0 radical (unpaired) electrons. The van der Waals surface area contributed by atoms with E-state index in [0.717, 1.165) is 0 Å². The number of thiazole rings is 1. The van der Waals surface area contributed by atoms with E-state index in [2.05, 4.69) is 15.2 Å². The number of anilines is 1. The van der Waals surface area contributed by atoms with Gasteiger partial charge in [-0.25, -0.2) is 4.98 Å². The molecule has 0 bridgehead atoms. The molecule has 0 saturated heterocycles. The Bertz CT molecular complexity index is 490. The fraction of sp³-hybridized carbons (Fsp3) is 0.125. The maximum atomic E-state index is 10.5. The van der Waals surface area contributed by atoms with Gasteiger partial charge < -0.3 is 10.8 Å². The maximum Gasteiger partial charge on any atom is 0.309 e. The summed E-state index contributed by atoms with van der Waals surface area (Å²) in [7, 11) is 0. The molecule has 0 amide bonds. The lowest BCUT2D eigenvalue weighted by Gasteiger charge is -1.91. The number of hydrogen-bond donors (Lipinski definition) is 3. The van der Waals surface area contributed by atoms with E-state index in [4.69, 9.17) is 10.8 Å². The average Bonchev–Trinajstić information content (AvgIpc) is 2.72. The van der Waals surface area contributed by atoms with Gasteiger partial charge in [0.1, 0.15) is 10.8 Å². The lowest BCUT2D eigenvalue weighted by molar-refractivity contribution is -0.136. The van der Waals surface area contributed by atoms with Crippen LogP contribution in [0.1, 0.15) is 5.69 Å². The highest BCUT2D eigenvalue weighted by Crippen LogP contribution is 2.26. The van der Waals surface area contributed by atoms with Gasteiger partial charge in [-0.15, -0.1) is 11.3 Å². The second-order valence-corrected chi connectivity index (χ2v) is 3.77. The molecule has 0 aromatic carbocycles. The highest BCUT2D eigenvalue weighted by molar-refractivity contribution is 7.13. The first-order valence-corrected chi connectivity index (χ1v) is 5.00. The Morgan fingerprint density at radius 2 is 2.47 bits per heavy atom. The third-order valence-electron chi connectivity index (χ3n) is 1.78. The molecule has 0 spiro atoms. The van der Waals surface area contributed by atoms with Gasteiger partial charge in [-0.3, -0.25) is 9.89 Å². The topological polar surface area (TPSA) is 105 Å². The number of carboxylic acids is 1. The number of nitrogens with zero attached hydrogens (tertiary/aromatic N) is 2. The summed E-state index contributed by atoms with van der Waals surface area (Å²) in [6.45, 7) is 0. The number of carboxylic acid groups (broad SMARTS) is 1. The van der Waals surface area contributed by atoms with Crippen molar-refractivity contribution in [3.63, 3.8) is 0 Å². The number of aromatic amines is 1. The van der Waals surface area contributed by atoms with Gasteiger partial charge in [-0.2, -0.15) is 5.10 Å². The number of aliphatic carboxylic acids is 1. The minimum absolute atomic E-state index is 0.0751. The first-order valence-electron chi connectivity index (χ1n) is 4.12. The summed E-state index contributed by atoms with van der Waals surface area (Å²) in [5.74, 6) is -0.460. The third kappa shape index (κ3) is 1.96. The van der Waals surface area contributed by atoms with E-state index >= 15 is 0 Å². The number of rotatable bonds is 3. The number of nitrogen functional groups attached to an aromatic ring is 1. The molecular weight excluding hydrogens is 216 g/mol. The lowest BCUT2D eigenvalue weighted by Crippen LogP contribution is -1.99. The van der Waals surface area contributed by atoms with Gasteiger partial charge in [0.05, 0.1) is 23.9 Å². The highest BCUT2D eigenvalue weighted by atomic mass is 32.1. The van der Waals surface area contributed by atoms with Crippen molar-refractivity contribution in [2.24, 2.45) is 0 Å². The minimum atomic E-state index is -0.896. The molecule has 15 heavy (non-hydrogen) atoms. The molecule has 4 N–H and O–H groups in total. The van der Waals surface area contributed by atoms with E-state index in [-0.39, 0.29) is 6.42 Å². The second kappa shape index (κ2) is 3.70. The zero-order chi connectivity index (χ0) is 10.8. The van der Waals surface area contributed by atoms with Gasteiger partial charge >= 0.3 is 5.97 Å². The zero-order valence-electron chi connectivity index (χ0n) is 7.60. The van der Waals surface area contributed by atoms with Crippen LogP contribution in [0.3, 0.4) is 0 Å². The molecule has 2 aromatic rings. The highest BCUT2D eigenvalue weighted by Gasteiger charge is 2.11. The Morgan fingerprint density at radius 3 is 3.07 bits per heavy atom. The molecular formula is C8H8N4O2S. The van der Waals surface area contributed by atoms with Crippen LogP contribution >= 0.6 is 11.3 Å². The van der Waals surface area contributed by atoms with Crippen molar-refractivity contribution in [1.82, 2.24) is 15.2 Å². The van der Waals surface area contributed by atoms with Gasteiger partial charge in [0, 0.05) is 5.38 Å². The molecule has 6 nitrogen and oxygen atoms in total. The van der Waals surface area contributed by atoms with Crippen molar-refractivity contribution in [3.8, 4) is 10.6 Å². The Labute approximate surface area is 88.8 Å². The van der Waals surface area contributed by atoms with Gasteiger partial charge in [-0.1, -0.05) is 0 Å². The van der Waals surface area contributed by atoms with Crippen molar-refractivity contribution >= 4 is 23.1 Å². The van der Waals surface area contributed by atoms with Crippen LogP contribution < -0.4 is 5.73 Å². The fourth-order valence-electron chi connectivity index (χ4n) is 1.13. The first kappa shape index (κ1) is 9.66. The predicted molar refractivity (Wildman–Crippen MR) is 55.4 cm³/mol. The van der Waals surface area contributed by atoms with Crippen LogP contribution in [0.5, 0.6) is 0 Å². The van der Waals surface area contributed by atoms with Crippen LogP contribution in [0.25, 0.3) is 10.6 Å². The molecule has 0 unspecified atom stereocenters. The van der Waals surface area contributed by atoms with Crippen molar-refractivity contribution < 1.29 is 9.90 Å². The maximum absolute atomic E-state index is 10.5. The SMILES string of the molecule is Nc1[nH]ncc1-c1nc(CC(=O)O)cs1. The van der Waals surface area contributed by atoms with Crippen molar-refractivity contribution in [1.29, 1.82) is 0 Å². The third-order valence-corrected chi connectivity index (χ3v) is 2.71. The summed E-state index contributed by atoms with van der Waals surface area (Å²) < 4.78 is 0. The average molecular weight is 224 g/mol. The van der Waals surface area contributed by atoms with Gasteiger partial charge in [0.2, 0.25) is 0 Å². The number of H-pyrrole nitrogens is 1. The van der Waals surface area contributed by atoms with Crippen LogP contribution in [-0.2, 0) is 11.2 Å². The summed E-state index contributed by atoms with van der Waals surface area (Å²) in [6, 6.07) is 0. The van der Waals surface area contributed by atoms with Crippen LogP contribution in [0.15, 0.2) is 11.6 Å². The van der Waals surface area contributed by atoms with E-state index in [1.54, 1.807) is 11.6 Å². The quantitative estimate of drug-likeness (QED) is 0.713. The van der Waals surface area contributed by atoms with Crippen molar-refractivity contribution in [2.75, 3.05) is 5.73 Å². The van der Waals surface area contributed by atoms with Crippen LogP contribution in [0, 0.1) is 0 Å². The molecule has 2 aromatic heterocycles. The van der Waals surface area contributed by atoms with Crippen LogP contribution in [0.4, 0.5) is 5.82 Å². The van der Waals surface area contributed by atoms with E-state index in [0.29, 0.717) is 22.1 Å². The van der Waals surface area contributed by atoms with Gasteiger partial charge in [-0.05, 0) is 0 Å². The number of nitrogens with one attached hydrogen (secondary N) is 1. The monoisotopic (exact) mass is 224 g/mol. The molecule has 0 saturated carbocycles. The standard InChI is InChI=1S/C8H8N4O2S/c9-7-5(2-10-12-7)8-11-4(3-15-8)1-6(13)14/h2-3H,1H2,(H,13,14)(H3,9,10,12). The summed E-state index contributed by atoms with van der Waals surface area (Å²) in [6.07, 6.45) is 1.49. The van der Waals surface area contributed by atoms with E-state index in [1.807, 2.05) is 0 Å². The van der Waals surface area contributed by atoms with Crippen molar-refractivity contribution in [2.45, 2.75) is 6.42 Å². The molecule has 0 fully saturated rings. The molecule has 0 atom stereocenters. The summed E-state index contributed by atoms with van der Waals surface area (Å²) >= 11 is 1.35. The first-order chi connectivity index (χ1) is 7.16. The largest absolute Gasteiger partial charge is 0.481 e. The Hall–Kier alpha value is -1.89. The van der Waals surface area contributed by atoms with E-state index in [9.17, 15) is 4.79 Å². The second-order valence-electron chi connectivity index (χ2n) is 2.91. The normalized spacial score (nSPS) is 10.4. The van der Waals surface area contributed by atoms with E-state index in [1.165, 1.54) is 11.3 Å². The molecule has 7 heteroatoms. The minimum Gasteiger partial charge on any atom is -0.481 e. The molecule has 2 rings (SSSR count). The number of hydrogen-bond acceptors (Lipinski definition) is 5. The van der Waals surface area contributed by atoms with Crippen LogP contribution in [-0.4, -0.2) is 26.3 Å². The fourth-order valence-corrected chi connectivity index (χ4v) is 1.98. The predicted octanol–water partition coefficient (Wildman–Crippen LogP) is 0.742. The van der Waals surface area contributed by atoms with E-state index < -0.39 is 5.97 Å². The van der Waals surface area contributed by atoms with Gasteiger partial charge in [0.15, 0.2) is 0 Å². The zero-order valence-corrected chi connectivity index (χ0v) is 8.41. The van der Waals surface area contributed by atoms with Crippen LogP contribution in [0.2, 0.25) is 0 Å². The number of aromatic nitrogens is 3. The molecule has 0 aliphatic rings. The summed E-state index contributed by atoms with van der Waals surface area (Å²) in [5, 5.41) is 17.3. The molecule has 2 heterocycles. The lowest BCUT2D eigenvalue weighted by atomic mass is 10.3. The number of carbonyl (C=O) groups is 1. The summed E-state index contributed by atoms with van der Waals surface area (Å²) in [4.78, 5) is 14.6. The summed E-state index contributed by atoms with van der Waals surface area (Å²) in [5.41, 5.74) is 6.85. The molecule has 0 aliphatic carbocycles.